The van der Waals surface area contributed by atoms with Crippen LogP contribution in [0.3, 0.4) is 0 Å². The van der Waals surface area contributed by atoms with Crippen LogP contribution < -0.4 is 10.1 Å². The summed E-state index contributed by atoms with van der Waals surface area (Å²) in [5.74, 6) is -2.75. The van der Waals surface area contributed by atoms with Gasteiger partial charge in [-0.1, -0.05) is 11.6 Å². The molecule has 0 radical (unpaired) electrons. The van der Waals surface area contributed by atoms with Crippen molar-refractivity contribution in [3.8, 4) is 5.88 Å². The van der Waals surface area contributed by atoms with E-state index in [0.717, 1.165) is 18.2 Å². The van der Waals surface area contributed by atoms with Gasteiger partial charge in [0, 0.05) is 0 Å². The van der Waals surface area contributed by atoms with Crippen molar-refractivity contribution in [3.05, 3.63) is 16.7 Å². The van der Waals surface area contributed by atoms with Crippen LogP contribution in [0.25, 0.3) is 0 Å². The second kappa shape index (κ2) is 8.14. The van der Waals surface area contributed by atoms with E-state index in [4.69, 9.17) is 16.3 Å². The molecule has 0 spiro atoms. The van der Waals surface area contributed by atoms with Crippen molar-refractivity contribution in [2.24, 2.45) is 0 Å². The molecule has 1 heterocycles. The van der Waals surface area contributed by atoms with E-state index in [2.05, 4.69) is 10.3 Å². The normalized spacial score (nSPS) is 16.0. The summed E-state index contributed by atoms with van der Waals surface area (Å²) >= 11 is 6.81. The third-order valence-corrected chi connectivity index (χ3v) is 5.71. The highest BCUT2D eigenvalue weighted by molar-refractivity contribution is 8.02. The highest BCUT2D eigenvalue weighted by Gasteiger charge is 2.45. The Balaban J connectivity index is 2.15. The number of nitrogens with zero attached hydrogens (tertiary/aromatic N) is 1. The fourth-order valence-corrected chi connectivity index (χ4v) is 3.74. The Morgan fingerprint density at radius 1 is 1.44 bits per heavy atom. The molecule has 1 amide bonds. The van der Waals surface area contributed by atoms with E-state index in [9.17, 15) is 27.9 Å². The van der Waals surface area contributed by atoms with Gasteiger partial charge in [0.15, 0.2) is 5.82 Å². The van der Waals surface area contributed by atoms with Crippen LogP contribution in [-0.2, 0) is 15.8 Å². The van der Waals surface area contributed by atoms with Crippen LogP contribution in [-0.4, -0.2) is 38.6 Å². The SMILES string of the molecule is CC(C)Oc1nc(NC(=O)CSC2(C(=O)O)CCC2)c(Cl)cc1C(F)(F)F. The number of thioether (sulfide) groups is 1. The van der Waals surface area contributed by atoms with Gasteiger partial charge in [0.1, 0.15) is 10.3 Å². The second-order valence-corrected chi connectivity index (χ2v) is 8.09. The number of carbonyl (C=O) groups excluding carboxylic acids is 1. The first-order valence-corrected chi connectivity index (χ1v) is 9.42. The number of carboxylic acid groups (broad SMARTS) is 1. The van der Waals surface area contributed by atoms with E-state index in [1.54, 1.807) is 0 Å². The van der Waals surface area contributed by atoms with Crippen LogP contribution in [0.1, 0.15) is 38.7 Å². The molecule has 11 heteroatoms. The molecule has 0 aromatic carbocycles. The molecule has 1 aromatic heterocycles. The van der Waals surface area contributed by atoms with E-state index in [1.165, 1.54) is 13.8 Å². The Morgan fingerprint density at radius 2 is 2.07 bits per heavy atom. The lowest BCUT2D eigenvalue weighted by Crippen LogP contribution is -2.43. The molecule has 0 aliphatic heterocycles. The first kappa shape index (κ1) is 21.6. The molecular formula is C16H18ClF3N2O4S. The number of hydrogen-bond donors (Lipinski definition) is 2. The lowest BCUT2D eigenvalue weighted by Gasteiger charge is -2.36. The standard InChI is InChI=1S/C16H18ClF3N2O4S/c1-8(2)26-13-9(16(18,19)20)6-10(17)12(22-13)21-11(23)7-27-15(14(24)25)4-3-5-15/h6,8H,3-5,7H2,1-2H3,(H,24,25)(H,21,22,23). The molecule has 0 bridgehead atoms. The zero-order valence-electron chi connectivity index (χ0n) is 14.5. The predicted molar refractivity (Wildman–Crippen MR) is 95.3 cm³/mol. The molecule has 2 rings (SSSR count). The molecular weight excluding hydrogens is 409 g/mol. The van der Waals surface area contributed by atoms with Crippen molar-refractivity contribution in [2.75, 3.05) is 11.1 Å². The Morgan fingerprint density at radius 3 is 2.52 bits per heavy atom. The van der Waals surface area contributed by atoms with Crippen molar-refractivity contribution in [2.45, 2.75) is 50.1 Å². The molecule has 0 saturated heterocycles. The number of carboxylic acids is 1. The molecule has 1 aliphatic carbocycles. The molecule has 1 saturated carbocycles. The summed E-state index contributed by atoms with van der Waals surface area (Å²) in [5.41, 5.74) is -1.15. The van der Waals surface area contributed by atoms with Crippen molar-refractivity contribution < 1.29 is 32.6 Å². The van der Waals surface area contributed by atoms with Gasteiger partial charge in [-0.05, 0) is 39.2 Å². The lowest BCUT2D eigenvalue weighted by molar-refractivity contribution is -0.142. The maximum absolute atomic E-state index is 13.1. The predicted octanol–water partition coefficient (Wildman–Crippen LogP) is 4.22. The number of amides is 1. The minimum Gasteiger partial charge on any atom is -0.480 e. The molecule has 150 valence electrons. The Kier molecular flexibility index (Phi) is 6.51. The summed E-state index contributed by atoms with van der Waals surface area (Å²) in [5, 5.41) is 11.2. The summed E-state index contributed by atoms with van der Waals surface area (Å²) in [6, 6.07) is 0.639. The molecule has 1 aliphatic rings. The monoisotopic (exact) mass is 426 g/mol. The number of anilines is 1. The minimum absolute atomic E-state index is 0.189. The van der Waals surface area contributed by atoms with Crippen molar-refractivity contribution in [3.63, 3.8) is 0 Å². The van der Waals surface area contributed by atoms with Crippen LogP contribution in [0.15, 0.2) is 6.07 Å². The molecule has 6 nitrogen and oxygen atoms in total. The number of ether oxygens (including phenoxy) is 1. The fraction of sp³-hybridized carbons (Fsp3) is 0.562. The average molecular weight is 427 g/mol. The molecule has 1 aromatic rings. The van der Waals surface area contributed by atoms with E-state index in [-0.39, 0.29) is 11.6 Å². The molecule has 27 heavy (non-hydrogen) atoms. The van der Waals surface area contributed by atoms with Gasteiger partial charge in [0.2, 0.25) is 11.8 Å². The van der Waals surface area contributed by atoms with Crippen LogP contribution >= 0.6 is 23.4 Å². The van der Waals surface area contributed by atoms with Gasteiger partial charge >= 0.3 is 12.1 Å². The van der Waals surface area contributed by atoms with E-state index >= 15 is 0 Å². The number of nitrogens with one attached hydrogen (secondary N) is 1. The largest absolute Gasteiger partial charge is 0.480 e. The Hall–Kier alpha value is -1.68. The highest BCUT2D eigenvalue weighted by Crippen LogP contribution is 2.44. The molecule has 2 N–H and O–H groups in total. The van der Waals surface area contributed by atoms with E-state index < -0.39 is 45.4 Å². The average Bonchev–Trinajstić information content (AvgIpc) is 2.47. The van der Waals surface area contributed by atoms with Crippen LogP contribution in [0.5, 0.6) is 5.88 Å². The Labute approximate surface area is 162 Å². The zero-order valence-corrected chi connectivity index (χ0v) is 16.1. The minimum atomic E-state index is -4.72. The summed E-state index contributed by atoms with van der Waals surface area (Å²) < 4.78 is 43.5. The molecule has 1 fully saturated rings. The van der Waals surface area contributed by atoms with Crippen LogP contribution in [0.2, 0.25) is 5.02 Å². The first-order valence-electron chi connectivity index (χ1n) is 8.06. The smallest absolute Gasteiger partial charge is 0.421 e. The highest BCUT2D eigenvalue weighted by atomic mass is 35.5. The second-order valence-electron chi connectivity index (χ2n) is 6.33. The van der Waals surface area contributed by atoms with Gasteiger partial charge in [-0.25, -0.2) is 0 Å². The number of pyridine rings is 1. The number of carbonyl (C=O) groups is 2. The quantitative estimate of drug-likeness (QED) is 0.678. The van der Waals surface area contributed by atoms with Crippen molar-refractivity contribution in [1.82, 2.24) is 4.98 Å². The molecule has 0 unspecified atom stereocenters. The maximum atomic E-state index is 13.1. The topological polar surface area (TPSA) is 88.5 Å². The zero-order chi connectivity index (χ0) is 20.4. The van der Waals surface area contributed by atoms with Gasteiger partial charge in [0.05, 0.1) is 16.9 Å². The molecule has 0 atom stereocenters. The number of halogens is 4. The van der Waals surface area contributed by atoms with Crippen LogP contribution in [0, 0.1) is 0 Å². The summed E-state index contributed by atoms with van der Waals surface area (Å²) in [6.07, 6.45) is -3.61. The van der Waals surface area contributed by atoms with Gasteiger partial charge < -0.3 is 15.2 Å². The fourth-order valence-electron chi connectivity index (χ4n) is 2.37. The number of hydrogen-bond acceptors (Lipinski definition) is 5. The lowest BCUT2D eigenvalue weighted by atomic mass is 9.84. The number of rotatable bonds is 7. The van der Waals surface area contributed by atoms with Gasteiger partial charge in [0.25, 0.3) is 0 Å². The maximum Gasteiger partial charge on any atom is 0.421 e. The summed E-state index contributed by atoms with van der Waals surface area (Å²) in [6.45, 7) is 3.07. The van der Waals surface area contributed by atoms with Crippen LogP contribution in [0.4, 0.5) is 19.0 Å². The van der Waals surface area contributed by atoms with Gasteiger partial charge in [-0.15, -0.1) is 11.8 Å². The Bertz CT molecular complexity index is 739. The first-order chi connectivity index (χ1) is 12.4. The third-order valence-electron chi connectivity index (χ3n) is 3.88. The van der Waals surface area contributed by atoms with E-state index in [0.29, 0.717) is 18.9 Å². The van der Waals surface area contributed by atoms with Crippen molar-refractivity contribution >= 4 is 41.1 Å². The number of aliphatic carboxylic acids is 1. The number of aromatic nitrogens is 1. The number of alkyl halides is 3. The van der Waals surface area contributed by atoms with E-state index in [1.807, 2.05) is 0 Å². The van der Waals surface area contributed by atoms with Crippen molar-refractivity contribution in [1.29, 1.82) is 0 Å². The summed E-state index contributed by atoms with van der Waals surface area (Å²) in [7, 11) is 0. The summed E-state index contributed by atoms with van der Waals surface area (Å²) in [4.78, 5) is 27.1. The third kappa shape index (κ3) is 5.19. The van der Waals surface area contributed by atoms with Gasteiger partial charge in [-0.2, -0.15) is 18.2 Å². The van der Waals surface area contributed by atoms with Gasteiger partial charge in [-0.3, -0.25) is 9.59 Å².